The van der Waals surface area contributed by atoms with Crippen LogP contribution >= 0.6 is 24.0 Å². The van der Waals surface area contributed by atoms with Crippen LogP contribution in [0.4, 0.5) is 18.9 Å². The quantitative estimate of drug-likeness (QED) is 0.261. The highest BCUT2D eigenvalue weighted by Crippen LogP contribution is 2.24. The predicted octanol–water partition coefficient (Wildman–Crippen LogP) is 2.13. The molecule has 1 fully saturated rings. The summed E-state index contributed by atoms with van der Waals surface area (Å²) in [6.07, 6.45) is 0. The minimum Gasteiger partial charge on any atom is -0.357 e. The predicted molar refractivity (Wildman–Crippen MR) is 116 cm³/mol. The normalized spacial score (nSPS) is 18.0. The van der Waals surface area contributed by atoms with Crippen LogP contribution < -0.4 is 10.6 Å². The number of carbonyl (C=O) groups is 1. The highest BCUT2D eigenvalue weighted by Gasteiger charge is 2.41. The number of aliphatic imine (C=N–C) groups is 1. The second-order valence-corrected chi connectivity index (χ2v) is 9.68. The number of amides is 1. The van der Waals surface area contributed by atoms with E-state index in [-0.39, 0.29) is 42.8 Å². The maximum Gasteiger partial charge on any atom is 0.246 e. The summed E-state index contributed by atoms with van der Waals surface area (Å²) in [7, 11) is -3.24. The number of nitrogens with one attached hydrogen (secondary N) is 2. The average molecular weight is 548 g/mol. The molecule has 2 rings (SSSR count). The lowest BCUT2D eigenvalue weighted by molar-refractivity contribution is -0.114. The molecule has 0 aliphatic carbocycles. The Morgan fingerprint density at radius 3 is 2.48 bits per heavy atom. The lowest BCUT2D eigenvalue weighted by Gasteiger charge is -2.39. The maximum absolute atomic E-state index is 13.6. The first-order valence-electron chi connectivity index (χ1n) is 8.67. The van der Waals surface area contributed by atoms with Gasteiger partial charge in [-0.25, -0.2) is 26.6 Å². The number of benzene rings is 1. The molecule has 0 bridgehead atoms. The Balaban J connectivity index is 0.00000420. The highest BCUT2D eigenvalue weighted by molar-refractivity contribution is 14.0. The van der Waals surface area contributed by atoms with E-state index in [1.807, 2.05) is 6.92 Å². The van der Waals surface area contributed by atoms with Crippen molar-refractivity contribution in [3.63, 3.8) is 0 Å². The Labute approximate surface area is 185 Å². The van der Waals surface area contributed by atoms with Crippen molar-refractivity contribution in [1.82, 2.24) is 10.2 Å². The zero-order valence-electron chi connectivity index (χ0n) is 16.3. The van der Waals surface area contributed by atoms with Crippen LogP contribution in [0.15, 0.2) is 17.1 Å². The average Bonchev–Trinajstić information content (AvgIpc) is 2.61. The maximum atomic E-state index is 13.6. The molecule has 2 N–H and O–H groups in total. The standard InChI is InChI=1S/C17H23F3N4O3S.HI/c1-4-21-16(24-7-8-28(26,27)17(2,3)10-24)22-9-13(25)23-12-6-5-11(18)14(19)15(12)20;/h5-6H,4,7-10H2,1-3H3,(H,21,22)(H,23,25);1H. The molecule has 164 valence electrons. The highest BCUT2D eigenvalue weighted by atomic mass is 127. The van der Waals surface area contributed by atoms with Crippen molar-refractivity contribution in [2.45, 2.75) is 25.5 Å². The van der Waals surface area contributed by atoms with Crippen molar-refractivity contribution < 1.29 is 26.4 Å². The van der Waals surface area contributed by atoms with Crippen LogP contribution in [0.2, 0.25) is 0 Å². The van der Waals surface area contributed by atoms with Gasteiger partial charge in [0.2, 0.25) is 5.91 Å². The van der Waals surface area contributed by atoms with Crippen molar-refractivity contribution >= 4 is 51.4 Å². The molecule has 0 unspecified atom stereocenters. The van der Waals surface area contributed by atoms with E-state index in [0.717, 1.165) is 6.07 Å². The van der Waals surface area contributed by atoms with Crippen LogP contribution in [0.5, 0.6) is 0 Å². The number of sulfone groups is 1. The Kier molecular flexibility index (Phi) is 8.74. The summed E-state index contributed by atoms with van der Waals surface area (Å²) in [5.41, 5.74) is -0.491. The fourth-order valence-corrected chi connectivity index (χ4v) is 4.08. The fraction of sp³-hybridized carbons (Fsp3) is 0.529. The molecular weight excluding hydrogens is 524 g/mol. The van der Waals surface area contributed by atoms with Gasteiger partial charge in [0.25, 0.3) is 0 Å². The van der Waals surface area contributed by atoms with E-state index in [1.165, 1.54) is 0 Å². The van der Waals surface area contributed by atoms with Crippen molar-refractivity contribution in [1.29, 1.82) is 0 Å². The van der Waals surface area contributed by atoms with E-state index < -0.39 is 50.2 Å². The van der Waals surface area contributed by atoms with Crippen LogP contribution in [0.3, 0.4) is 0 Å². The van der Waals surface area contributed by atoms with Crippen molar-refractivity contribution in [2.75, 3.05) is 37.2 Å². The van der Waals surface area contributed by atoms with Gasteiger partial charge in [-0.2, -0.15) is 0 Å². The topological polar surface area (TPSA) is 90.9 Å². The Hall–Kier alpha value is -1.57. The SMILES string of the molecule is CCNC(=NCC(=O)Nc1ccc(F)c(F)c1F)N1CCS(=O)(=O)C(C)(C)C1.I. The number of carbonyl (C=O) groups excluding carboxylic acids is 1. The van der Waals surface area contributed by atoms with Gasteiger partial charge in [-0.15, -0.1) is 24.0 Å². The zero-order valence-corrected chi connectivity index (χ0v) is 19.4. The van der Waals surface area contributed by atoms with Gasteiger partial charge in [0.15, 0.2) is 33.2 Å². The second kappa shape index (κ2) is 9.96. The van der Waals surface area contributed by atoms with Crippen molar-refractivity contribution in [3.05, 3.63) is 29.6 Å². The number of halogens is 4. The van der Waals surface area contributed by atoms with Gasteiger partial charge in [0.05, 0.1) is 16.2 Å². The monoisotopic (exact) mass is 548 g/mol. The number of guanidine groups is 1. The molecule has 0 saturated carbocycles. The zero-order chi connectivity index (χ0) is 21.1. The summed E-state index contributed by atoms with van der Waals surface area (Å²) in [5, 5.41) is 5.12. The summed E-state index contributed by atoms with van der Waals surface area (Å²) >= 11 is 0. The molecule has 1 aliphatic rings. The molecule has 1 heterocycles. The smallest absolute Gasteiger partial charge is 0.246 e. The number of hydrogen-bond donors (Lipinski definition) is 2. The summed E-state index contributed by atoms with van der Waals surface area (Å²) in [4.78, 5) is 17.9. The summed E-state index contributed by atoms with van der Waals surface area (Å²) in [6.45, 7) is 5.55. The summed E-state index contributed by atoms with van der Waals surface area (Å²) in [6, 6.07) is 1.62. The van der Waals surface area contributed by atoms with Crippen LogP contribution in [-0.2, 0) is 14.6 Å². The third-order valence-electron chi connectivity index (χ3n) is 4.36. The van der Waals surface area contributed by atoms with Crippen molar-refractivity contribution in [2.24, 2.45) is 4.99 Å². The van der Waals surface area contributed by atoms with Gasteiger partial charge in [-0.3, -0.25) is 4.79 Å². The Morgan fingerprint density at radius 1 is 1.24 bits per heavy atom. The molecule has 0 radical (unpaired) electrons. The molecule has 0 aromatic heterocycles. The Bertz CT molecular complexity index is 894. The third-order valence-corrected chi connectivity index (χ3v) is 6.89. The molecule has 12 heteroatoms. The molecule has 1 aliphatic heterocycles. The minimum atomic E-state index is -3.24. The van der Waals surface area contributed by atoms with Crippen LogP contribution in [0.25, 0.3) is 0 Å². The lowest BCUT2D eigenvalue weighted by Crippen LogP contribution is -2.57. The van der Waals surface area contributed by atoms with E-state index in [0.29, 0.717) is 18.6 Å². The van der Waals surface area contributed by atoms with E-state index in [9.17, 15) is 26.4 Å². The molecule has 29 heavy (non-hydrogen) atoms. The van der Waals surface area contributed by atoms with Gasteiger partial charge in [-0.05, 0) is 32.9 Å². The number of nitrogens with zero attached hydrogens (tertiary/aromatic N) is 2. The van der Waals surface area contributed by atoms with E-state index in [4.69, 9.17) is 0 Å². The Morgan fingerprint density at radius 2 is 1.90 bits per heavy atom. The molecule has 7 nitrogen and oxygen atoms in total. The molecule has 1 amide bonds. The third kappa shape index (κ3) is 5.96. The van der Waals surface area contributed by atoms with Gasteiger partial charge in [0.1, 0.15) is 6.54 Å². The molecule has 0 spiro atoms. The van der Waals surface area contributed by atoms with Crippen molar-refractivity contribution in [3.8, 4) is 0 Å². The van der Waals surface area contributed by atoms with Gasteiger partial charge in [0, 0.05) is 19.6 Å². The summed E-state index contributed by atoms with van der Waals surface area (Å²) in [5.74, 6) is -4.96. The van der Waals surface area contributed by atoms with Crippen LogP contribution in [0.1, 0.15) is 20.8 Å². The largest absolute Gasteiger partial charge is 0.357 e. The van der Waals surface area contributed by atoms with Crippen LogP contribution in [-0.4, -0.2) is 61.9 Å². The van der Waals surface area contributed by atoms with E-state index >= 15 is 0 Å². The number of rotatable bonds is 4. The van der Waals surface area contributed by atoms with Crippen LogP contribution in [0, 0.1) is 17.5 Å². The molecule has 1 saturated heterocycles. The first-order chi connectivity index (χ1) is 13.0. The molecule has 0 atom stereocenters. The number of anilines is 1. The van der Waals surface area contributed by atoms with E-state index in [1.54, 1.807) is 18.7 Å². The molecule has 1 aromatic carbocycles. The second-order valence-electron chi connectivity index (χ2n) is 6.94. The van der Waals surface area contributed by atoms with Gasteiger partial charge in [-0.1, -0.05) is 0 Å². The van der Waals surface area contributed by atoms with Gasteiger partial charge < -0.3 is 15.5 Å². The fourth-order valence-electron chi connectivity index (χ4n) is 2.71. The first-order valence-corrected chi connectivity index (χ1v) is 10.3. The molecule has 1 aromatic rings. The first kappa shape index (κ1) is 25.5. The minimum absolute atomic E-state index is 0. The number of hydrogen-bond acceptors (Lipinski definition) is 4. The lowest BCUT2D eigenvalue weighted by atomic mass is 10.2. The van der Waals surface area contributed by atoms with Gasteiger partial charge >= 0.3 is 0 Å². The summed E-state index contributed by atoms with van der Waals surface area (Å²) < 4.78 is 63.1. The molecular formula is C17H24F3IN4O3S. The van der Waals surface area contributed by atoms with E-state index in [2.05, 4.69) is 15.6 Å².